The highest BCUT2D eigenvalue weighted by atomic mass is 19.4. The molecule has 0 saturated carbocycles. The number of imidazole rings is 1. The van der Waals surface area contributed by atoms with Crippen molar-refractivity contribution in [3.8, 4) is 0 Å². The van der Waals surface area contributed by atoms with Gasteiger partial charge >= 0.3 is 17.8 Å². The van der Waals surface area contributed by atoms with Gasteiger partial charge in [0.15, 0.2) is 11.2 Å². The smallest absolute Gasteiger partial charge is 0.475 e. The van der Waals surface area contributed by atoms with Crippen LogP contribution in [0.2, 0.25) is 0 Å². The zero-order chi connectivity index (χ0) is 29.5. The molecule has 4 aromatic rings. The number of anilines is 1. The van der Waals surface area contributed by atoms with Gasteiger partial charge in [-0.15, -0.1) is 0 Å². The van der Waals surface area contributed by atoms with Crippen LogP contribution >= 0.6 is 0 Å². The maximum absolute atomic E-state index is 13.7. The van der Waals surface area contributed by atoms with Crippen molar-refractivity contribution in [3.05, 3.63) is 74.8 Å². The van der Waals surface area contributed by atoms with Crippen molar-refractivity contribution in [2.45, 2.75) is 31.7 Å². The van der Waals surface area contributed by atoms with Gasteiger partial charge in [-0.25, -0.2) is 19.0 Å². The van der Waals surface area contributed by atoms with E-state index in [1.165, 1.54) is 23.0 Å². The van der Waals surface area contributed by atoms with Gasteiger partial charge in [0.25, 0.3) is 5.56 Å². The van der Waals surface area contributed by atoms with E-state index in [2.05, 4.69) is 15.2 Å². The Morgan fingerprint density at radius 3 is 2.49 bits per heavy atom. The molecule has 12 nitrogen and oxygen atoms in total. The summed E-state index contributed by atoms with van der Waals surface area (Å²) in [5.74, 6) is -1.53. The Hall–Kier alpha value is -4.47. The molecule has 0 spiro atoms. The van der Waals surface area contributed by atoms with E-state index < -0.39 is 23.4 Å². The van der Waals surface area contributed by atoms with Gasteiger partial charge in [-0.3, -0.25) is 18.5 Å². The molecule has 0 radical (unpaired) electrons. The maximum Gasteiger partial charge on any atom is 0.490 e. The average Bonchev–Trinajstić information content (AvgIpc) is 3.71. The Balaban J connectivity index is 0.000000431. The molecule has 0 bridgehead atoms. The minimum atomic E-state index is -5.08. The van der Waals surface area contributed by atoms with Crippen molar-refractivity contribution >= 4 is 23.1 Å². The van der Waals surface area contributed by atoms with Gasteiger partial charge < -0.3 is 19.7 Å². The second-order valence-electron chi connectivity index (χ2n) is 9.73. The highest BCUT2D eigenvalue weighted by Crippen LogP contribution is 2.33. The number of aromatic nitrogens is 5. The van der Waals surface area contributed by atoms with E-state index in [-0.39, 0.29) is 24.9 Å². The lowest BCUT2D eigenvalue weighted by Crippen LogP contribution is -2.40. The lowest BCUT2D eigenvalue weighted by Gasteiger charge is -2.25. The van der Waals surface area contributed by atoms with Crippen LogP contribution in [0.15, 0.2) is 50.7 Å². The van der Waals surface area contributed by atoms with Gasteiger partial charge in [0.2, 0.25) is 11.8 Å². The monoisotopic (exact) mass is 579 g/mol. The highest BCUT2D eigenvalue weighted by Gasteiger charge is 2.40. The molecule has 5 heterocycles. The molecule has 2 saturated heterocycles. The summed E-state index contributed by atoms with van der Waals surface area (Å²) in [6, 6.07) is 6.04. The molecule has 218 valence electrons. The first-order chi connectivity index (χ1) is 19.5. The van der Waals surface area contributed by atoms with E-state index in [9.17, 15) is 27.2 Å². The van der Waals surface area contributed by atoms with Crippen molar-refractivity contribution in [2.75, 3.05) is 24.5 Å². The van der Waals surface area contributed by atoms with Crippen LogP contribution in [0.5, 0.6) is 0 Å². The third kappa shape index (κ3) is 5.46. The van der Waals surface area contributed by atoms with Crippen LogP contribution in [-0.2, 0) is 24.9 Å². The lowest BCUT2D eigenvalue weighted by atomic mass is 10.1. The summed E-state index contributed by atoms with van der Waals surface area (Å²) < 4.78 is 55.0. The second-order valence-corrected chi connectivity index (χ2v) is 9.73. The Labute approximate surface area is 228 Å². The number of aryl methyl sites for hydroxylation is 1. The molecule has 6 rings (SSSR count). The molecule has 2 aliphatic rings. The summed E-state index contributed by atoms with van der Waals surface area (Å²) >= 11 is 0. The zero-order valence-electron chi connectivity index (χ0n) is 21.6. The summed E-state index contributed by atoms with van der Waals surface area (Å²) in [6.07, 6.45) is -0.999. The van der Waals surface area contributed by atoms with E-state index >= 15 is 0 Å². The number of hydrogen-bond acceptors (Lipinski definition) is 8. The minimum Gasteiger partial charge on any atom is -0.475 e. The first kappa shape index (κ1) is 28.1. The summed E-state index contributed by atoms with van der Waals surface area (Å²) in [6.45, 7) is 2.87. The van der Waals surface area contributed by atoms with Gasteiger partial charge in [-0.1, -0.05) is 12.1 Å². The molecule has 41 heavy (non-hydrogen) atoms. The van der Waals surface area contributed by atoms with Crippen molar-refractivity contribution in [1.82, 2.24) is 29.0 Å². The number of hydrogen-bond donors (Lipinski definition) is 2. The van der Waals surface area contributed by atoms with E-state index in [1.54, 1.807) is 25.4 Å². The number of carboxylic acids is 1. The Bertz CT molecular complexity index is 1680. The number of oxazole rings is 1. The molecule has 3 aromatic heterocycles. The summed E-state index contributed by atoms with van der Waals surface area (Å²) in [4.78, 5) is 47.0. The molecule has 2 aliphatic heterocycles. The average molecular weight is 580 g/mol. The zero-order valence-corrected chi connectivity index (χ0v) is 21.6. The predicted octanol–water partition coefficient (Wildman–Crippen LogP) is 1.55. The molecule has 0 amide bonds. The van der Waals surface area contributed by atoms with E-state index in [0.29, 0.717) is 34.5 Å². The van der Waals surface area contributed by atoms with Gasteiger partial charge in [-0.05, 0) is 30.0 Å². The molecule has 2 atom stereocenters. The third-order valence-electron chi connectivity index (χ3n) is 7.19. The summed E-state index contributed by atoms with van der Waals surface area (Å²) in [5.41, 5.74) is 0.357. The van der Waals surface area contributed by atoms with Crippen LogP contribution in [-0.4, -0.2) is 66.6 Å². The van der Waals surface area contributed by atoms with Crippen molar-refractivity contribution in [3.63, 3.8) is 0 Å². The number of halogens is 4. The number of fused-ring (bicyclic) bond motifs is 2. The Kier molecular flexibility index (Phi) is 7.42. The molecule has 2 fully saturated rings. The maximum atomic E-state index is 13.7. The van der Waals surface area contributed by atoms with Gasteiger partial charge in [-0.2, -0.15) is 18.2 Å². The number of carbonyl (C=O) groups is 1. The first-order valence-electron chi connectivity index (χ1n) is 12.6. The Morgan fingerprint density at radius 2 is 1.85 bits per heavy atom. The number of rotatable bonds is 5. The van der Waals surface area contributed by atoms with Gasteiger partial charge in [0.05, 0.1) is 12.7 Å². The molecule has 16 heteroatoms. The number of benzene rings is 1. The van der Waals surface area contributed by atoms with Gasteiger partial charge in [0.1, 0.15) is 18.6 Å². The van der Waals surface area contributed by atoms with Crippen LogP contribution in [0.3, 0.4) is 0 Å². The van der Waals surface area contributed by atoms with Crippen LogP contribution in [0.1, 0.15) is 17.9 Å². The molecule has 2 N–H and O–H groups in total. The number of nitrogens with zero attached hydrogens (tertiary/aromatic N) is 6. The van der Waals surface area contributed by atoms with Crippen LogP contribution in [0.4, 0.5) is 23.5 Å². The minimum absolute atomic E-state index is 0.0274. The summed E-state index contributed by atoms with van der Waals surface area (Å²) in [5, 5.41) is 10.6. The fourth-order valence-electron chi connectivity index (χ4n) is 5.20. The number of carboxylic acid groups (broad SMARTS) is 1. The van der Waals surface area contributed by atoms with Gasteiger partial charge in [0, 0.05) is 32.7 Å². The third-order valence-corrected chi connectivity index (χ3v) is 7.19. The number of alkyl halides is 3. The molecular weight excluding hydrogens is 554 g/mol. The topological polar surface area (TPSA) is 140 Å². The second kappa shape index (κ2) is 10.8. The quantitative estimate of drug-likeness (QED) is 0.337. The first-order valence-corrected chi connectivity index (χ1v) is 12.6. The summed E-state index contributed by atoms with van der Waals surface area (Å²) in [7, 11) is 1.61. The standard InChI is InChI=1S/C23H24FN7O3.C2HF3O2/c1-28-20-19(21(32)31(23(28)33)12-14-2-4-16(24)5-3-14)30(13-18-26-7-9-34-18)22(27-20)29-8-6-15-10-25-11-17(15)29;3-2(4,5)1(6)7/h2-5,7,9,15,17,25H,6,8,10-13H2,1H3;(H,6,7). The fraction of sp³-hybridized carbons (Fsp3) is 0.400. The fourth-order valence-corrected chi connectivity index (χ4v) is 5.20. The molecule has 1 aromatic carbocycles. The van der Waals surface area contributed by atoms with Crippen LogP contribution < -0.4 is 21.5 Å². The van der Waals surface area contributed by atoms with Crippen molar-refractivity contribution in [1.29, 1.82) is 0 Å². The van der Waals surface area contributed by atoms with Crippen molar-refractivity contribution < 1.29 is 31.9 Å². The van der Waals surface area contributed by atoms with Crippen LogP contribution in [0.25, 0.3) is 11.2 Å². The Morgan fingerprint density at radius 1 is 1.15 bits per heavy atom. The van der Waals surface area contributed by atoms with Crippen LogP contribution in [0, 0.1) is 11.7 Å². The number of nitrogens with one attached hydrogen (secondary N) is 1. The SMILES string of the molecule is Cn1c(=O)n(Cc2ccc(F)cc2)c(=O)c2c1nc(N1CCC3CNCC31)n2Cc1ncco1.O=C(O)C(F)(F)F. The van der Waals surface area contributed by atoms with E-state index in [4.69, 9.17) is 19.3 Å². The van der Waals surface area contributed by atoms with E-state index in [1.807, 2.05) is 4.57 Å². The van der Waals surface area contributed by atoms with Crippen molar-refractivity contribution in [2.24, 2.45) is 13.0 Å². The highest BCUT2D eigenvalue weighted by molar-refractivity contribution is 5.75. The molecule has 2 unspecified atom stereocenters. The predicted molar refractivity (Wildman–Crippen MR) is 136 cm³/mol. The molecular formula is C25H25F4N7O5. The van der Waals surface area contributed by atoms with E-state index in [0.717, 1.165) is 30.6 Å². The lowest BCUT2D eigenvalue weighted by molar-refractivity contribution is -0.192. The number of aliphatic carboxylic acids is 1. The largest absolute Gasteiger partial charge is 0.490 e. The normalized spacial score (nSPS) is 18.4. The molecule has 0 aliphatic carbocycles.